The van der Waals surface area contributed by atoms with Gasteiger partial charge in [0.1, 0.15) is 0 Å². The molecule has 6 heteroatoms. The third-order valence-corrected chi connectivity index (χ3v) is 3.46. The van der Waals surface area contributed by atoms with E-state index >= 15 is 0 Å². The van der Waals surface area contributed by atoms with Gasteiger partial charge < -0.3 is 10.6 Å². The van der Waals surface area contributed by atoms with Gasteiger partial charge in [-0.2, -0.15) is 5.10 Å². The topological polar surface area (TPSA) is 54.2 Å². The molecule has 1 aromatic carbocycles. The Morgan fingerprint density at radius 1 is 1.33 bits per heavy atom. The predicted octanol–water partition coefficient (Wildman–Crippen LogP) is 1.98. The molecule has 5 nitrogen and oxygen atoms in total. The molecule has 21 heavy (non-hydrogen) atoms. The minimum atomic E-state index is 0.645. The summed E-state index contributed by atoms with van der Waals surface area (Å²) in [5, 5.41) is 11.4. The van der Waals surface area contributed by atoms with E-state index in [0.717, 1.165) is 29.5 Å². The van der Waals surface area contributed by atoms with E-state index in [4.69, 9.17) is 11.6 Å². The smallest absolute Gasteiger partial charge is 0.191 e. The minimum Gasteiger partial charge on any atom is -0.356 e. The maximum Gasteiger partial charge on any atom is 0.191 e. The number of guanidine groups is 1. The van der Waals surface area contributed by atoms with E-state index in [-0.39, 0.29) is 0 Å². The Morgan fingerprint density at radius 3 is 2.81 bits per heavy atom. The van der Waals surface area contributed by atoms with Gasteiger partial charge in [0.15, 0.2) is 5.96 Å². The van der Waals surface area contributed by atoms with Crippen molar-refractivity contribution in [1.82, 2.24) is 20.4 Å². The summed E-state index contributed by atoms with van der Waals surface area (Å²) in [6.45, 7) is 1.44. The Bertz CT molecular complexity index is 606. The van der Waals surface area contributed by atoms with Crippen LogP contribution in [0.5, 0.6) is 0 Å². The monoisotopic (exact) mass is 305 g/mol. The second kappa shape index (κ2) is 7.69. The molecule has 0 saturated heterocycles. The van der Waals surface area contributed by atoms with Crippen LogP contribution in [0.4, 0.5) is 0 Å². The zero-order valence-electron chi connectivity index (χ0n) is 12.3. The zero-order valence-corrected chi connectivity index (χ0v) is 13.1. The van der Waals surface area contributed by atoms with Crippen LogP contribution in [0.25, 0.3) is 0 Å². The van der Waals surface area contributed by atoms with Crippen molar-refractivity contribution in [2.75, 3.05) is 13.6 Å². The van der Waals surface area contributed by atoms with E-state index in [9.17, 15) is 0 Å². The van der Waals surface area contributed by atoms with Gasteiger partial charge in [0.2, 0.25) is 0 Å². The number of aliphatic imine (C=N–C) groups is 1. The lowest BCUT2D eigenvalue weighted by atomic mass is 10.2. The fraction of sp³-hybridized carbons (Fsp3) is 0.333. The molecule has 0 spiro atoms. The average Bonchev–Trinajstić information content (AvgIpc) is 2.90. The molecular formula is C15H20ClN5. The van der Waals surface area contributed by atoms with Crippen LogP contribution in [0.1, 0.15) is 11.1 Å². The van der Waals surface area contributed by atoms with E-state index < -0.39 is 0 Å². The lowest BCUT2D eigenvalue weighted by molar-refractivity contribution is 0.764. The fourth-order valence-electron chi connectivity index (χ4n) is 1.97. The molecular weight excluding hydrogens is 286 g/mol. The summed E-state index contributed by atoms with van der Waals surface area (Å²) in [5.41, 5.74) is 2.25. The van der Waals surface area contributed by atoms with E-state index in [2.05, 4.69) is 20.7 Å². The Balaban J connectivity index is 1.77. The number of aromatic nitrogens is 2. The number of rotatable bonds is 5. The summed E-state index contributed by atoms with van der Waals surface area (Å²) in [4.78, 5) is 4.20. The molecule has 0 saturated carbocycles. The first-order chi connectivity index (χ1) is 10.2. The molecule has 0 aliphatic carbocycles. The van der Waals surface area contributed by atoms with Crippen LogP contribution in [-0.2, 0) is 20.0 Å². The van der Waals surface area contributed by atoms with Crippen LogP contribution in [0, 0.1) is 0 Å². The highest BCUT2D eigenvalue weighted by atomic mass is 35.5. The number of nitrogens with zero attached hydrogens (tertiary/aromatic N) is 3. The van der Waals surface area contributed by atoms with Gasteiger partial charge in [-0.1, -0.05) is 29.8 Å². The number of halogens is 1. The lowest BCUT2D eigenvalue weighted by Gasteiger charge is -2.12. The molecule has 0 fully saturated rings. The van der Waals surface area contributed by atoms with E-state index in [1.165, 1.54) is 5.56 Å². The van der Waals surface area contributed by atoms with Crippen LogP contribution in [0.3, 0.4) is 0 Å². The lowest BCUT2D eigenvalue weighted by Crippen LogP contribution is -2.37. The molecule has 112 valence electrons. The Kier molecular flexibility index (Phi) is 5.63. The van der Waals surface area contributed by atoms with Crippen LogP contribution in [0.2, 0.25) is 5.02 Å². The molecule has 2 N–H and O–H groups in total. The van der Waals surface area contributed by atoms with E-state index in [1.54, 1.807) is 11.7 Å². The number of hydrogen-bond acceptors (Lipinski definition) is 2. The van der Waals surface area contributed by atoms with Crippen molar-refractivity contribution in [3.63, 3.8) is 0 Å². The predicted molar refractivity (Wildman–Crippen MR) is 86.6 cm³/mol. The number of aryl methyl sites for hydroxylation is 1. The SMILES string of the molecule is CN=C(NCCc1cnn(C)c1)NCc1ccccc1Cl. The number of nitrogens with one attached hydrogen (secondary N) is 2. The normalized spacial score (nSPS) is 11.5. The largest absolute Gasteiger partial charge is 0.356 e. The van der Waals surface area contributed by atoms with Gasteiger partial charge in [0.25, 0.3) is 0 Å². The maximum atomic E-state index is 6.13. The molecule has 0 radical (unpaired) electrons. The average molecular weight is 306 g/mol. The van der Waals surface area contributed by atoms with Crippen molar-refractivity contribution in [3.8, 4) is 0 Å². The minimum absolute atomic E-state index is 0.645. The first kappa shape index (κ1) is 15.4. The Labute approximate surface area is 130 Å². The first-order valence-corrected chi connectivity index (χ1v) is 7.22. The Morgan fingerprint density at radius 2 is 2.14 bits per heavy atom. The molecule has 0 unspecified atom stereocenters. The second-order valence-electron chi connectivity index (χ2n) is 4.72. The van der Waals surface area contributed by atoms with Gasteiger partial charge in [0.05, 0.1) is 6.20 Å². The summed E-state index contributed by atoms with van der Waals surface area (Å²) in [6.07, 6.45) is 4.80. The molecule has 0 atom stereocenters. The molecule has 0 amide bonds. The van der Waals surface area contributed by atoms with Crippen molar-refractivity contribution < 1.29 is 0 Å². The van der Waals surface area contributed by atoms with Gasteiger partial charge in [-0.15, -0.1) is 0 Å². The van der Waals surface area contributed by atoms with Crippen molar-refractivity contribution in [1.29, 1.82) is 0 Å². The summed E-state index contributed by atoms with van der Waals surface area (Å²) in [5.74, 6) is 0.763. The van der Waals surface area contributed by atoms with E-state index in [1.807, 2.05) is 43.7 Å². The summed E-state index contributed by atoms with van der Waals surface area (Å²) >= 11 is 6.13. The van der Waals surface area contributed by atoms with Crippen LogP contribution in [-0.4, -0.2) is 29.3 Å². The Hall–Kier alpha value is -2.01. The highest BCUT2D eigenvalue weighted by molar-refractivity contribution is 6.31. The van der Waals surface area contributed by atoms with Crippen molar-refractivity contribution in [3.05, 3.63) is 52.8 Å². The van der Waals surface area contributed by atoms with E-state index in [0.29, 0.717) is 6.54 Å². The van der Waals surface area contributed by atoms with Gasteiger partial charge >= 0.3 is 0 Å². The third kappa shape index (κ3) is 4.79. The quantitative estimate of drug-likeness (QED) is 0.656. The van der Waals surface area contributed by atoms with Crippen LogP contribution in [0.15, 0.2) is 41.7 Å². The highest BCUT2D eigenvalue weighted by Gasteiger charge is 2.02. The van der Waals surface area contributed by atoms with Crippen molar-refractivity contribution in [2.24, 2.45) is 12.0 Å². The van der Waals surface area contributed by atoms with Crippen LogP contribution >= 0.6 is 11.6 Å². The molecule has 0 aliphatic heterocycles. The number of benzene rings is 1. The third-order valence-electron chi connectivity index (χ3n) is 3.09. The zero-order chi connectivity index (χ0) is 15.1. The van der Waals surface area contributed by atoms with Gasteiger partial charge in [0, 0.05) is 38.4 Å². The molecule has 2 aromatic rings. The summed E-state index contributed by atoms with van der Waals surface area (Å²) in [6, 6.07) is 7.78. The molecule has 1 heterocycles. The highest BCUT2D eigenvalue weighted by Crippen LogP contribution is 2.14. The summed E-state index contributed by atoms with van der Waals surface area (Å²) < 4.78 is 1.81. The molecule has 1 aromatic heterocycles. The van der Waals surface area contributed by atoms with Gasteiger partial charge in [-0.05, 0) is 23.6 Å². The first-order valence-electron chi connectivity index (χ1n) is 6.84. The maximum absolute atomic E-state index is 6.13. The van der Waals surface area contributed by atoms with Crippen LogP contribution < -0.4 is 10.6 Å². The van der Waals surface area contributed by atoms with Gasteiger partial charge in [-0.25, -0.2) is 0 Å². The summed E-state index contributed by atoms with van der Waals surface area (Å²) in [7, 11) is 3.67. The standard InChI is InChI=1S/C15H20ClN5/c1-17-15(18-8-7-12-9-20-21(2)11-12)19-10-13-5-3-4-6-14(13)16/h3-6,9,11H,7-8,10H2,1-2H3,(H2,17,18,19). The van der Waals surface area contributed by atoms with Crippen molar-refractivity contribution in [2.45, 2.75) is 13.0 Å². The van der Waals surface area contributed by atoms with Crippen molar-refractivity contribution >= 4 is 17.6 Å². The molecule has 0 aliphatic rings. The second-order valence-corrected chi connectivity index (χ2v) is 5.12. The number of hydrogen-bond donors (Lipinski definition) is 2. The molecule has 2 rings (SSSR count). The van der Waals surface area contributed by atoms with Gasteiger partial charge in [-0.3, -0.25) is 9.67 Å². The fourth-order valence-corrected chi connectivity index (χ4v) is 2.17. The molecule has 0 bridgehead atoms.